The van der Waals surface area contributed by atoms with Gasteiger partial charge in [-0.2, -0.15) is 0 Å². The van der Waals surface area contributed by atoms with Crippen LogP contribution in [-0.2, 0) is 18.4 Å². The Morgan fingerprint density at radius 1 is 1.08 bits per heavy atom. The van der Waals surface area contributed by atoms with E-state index in [1.165, 1.54) is 23.1 Å². The van der Waals surface area contributed by atoms with Crippen molar-refractivity contribution in [3.63, 3.8) is 0 Å². The molecule has 0 atom stereocenters. The monoisotopic (exact) mass is 536 g/mol. The number of likely N-dealkylation sites (N-methyl/N-ethyl adjacent to an activating group) is 1. The largest absolute Gasteiger partial charge is 0.350 e. The first-order chi connectivity index (χ1) is 17.4. The Hall–Kier alpha value is -3.40. The van der Waals surface area contributed by atoms with Gasteiger partial charge in [-0.05, 0) is 54.0 Å². The lowest BCUT2D eigenvalue weighted by atomic mass is 10.3. The van der Waals surface area contributed by atoms with E-state index in [1.807, 2.05) is 91.3 Å². The third-order valence-electron chi connectivity index (χ3n) is 5.76. The van der Waals surface area contributed by atoms with E-state index < -0.39 is 0 Å². The third kappa shape index (κ3) is 4.34. The fourth-order valence-electron chi connectivity index (χ4n) is 3.95. The standard InChI is InChI=1S/C26H23ClN5O2S2/c1-4-31-23(33)21(19-12-8-9-15-29(19)2)35-25(31)22-24(34)32(18-10-6-5-7-11-18)26(36-22)28-20-14-13-17(27)16-30(20)3/h5-16H,4H2,1-3H3/q+1/b21-19-,25-22-. The van der Waals surface area contributed by atoms with Crippen LogP contribution >= 0.6 is 34.7 Å². The number of hydrogen-bond donors (Lipinski definition) is 0. The number of allylic oxidation sites excluding steroid dienone is 2. The molecule has 3 aromatic rings. The maximum atomic E-state index is 13.9. The van der Waals surface area contributed by atoms with Crippen LogP contribution in [0.5, 0.6) is 0 Å². The number of anilines is 1. The summed E-state index contributed by atoms with van der Waals surface area (Å²) < 4.78 is 4.70. The Balaban J connectivity index is 1.76. The number of amides is 1. The van der Waals surface area contributed by atoms with Crippen molar-refractivity contribution in [3.8, 4) is 0 Å². The van der Waals surface area contributed by atoms with Crippen molar-refractivity contribution in [2.75, 3.05) is 11.9 Å². The van der Waals surface area contributed by atoms with Crippen LogP contribution in [0.4, 0.5) is 11.5 Å². The summed E-state index contributed by atoms with van der Waals surface area (Å²) in [5, 5.41) is 1.10. The van der Waals surface area contributed by atoms with E-state index in [0.717, 1.165) is 5.70 Å². The summed E-state index contributed by atoms with van der Waals surface area (Å²) in [5.74, 6) is 0.432. The fraction of sp³-hybridized carbons (Fsp3) is 0.154. The van der Waals surface area contributed by atoms with Gasteiger partial charge in [-0.15, -0.1) is 11.3 Å². The molecule has 2 aliphatic heterocycles. The summed E-state index contributed by atoms with van der Waals surface area (Å²) in [7, 11) is 3.76. The van der Waals surface area contributed by atoms with Crippen LogP contribution in [0.15, 0.2) is 82.9 Å². The minimum Gasteiger partial charge on any atom is -0.350 e. The van der Waals surface area contributed by atoms with Crippen LogP contribution in [0, 0.1) is 0 Å². The first kappa shape index (κ1) is 24.3. The number of carbonyl (C=O) groups excluding carboxylic acids is 1. The van der Waals surface area contributed by atoms with Crippen LogP contribution in [0.25, 0.3) is 10.6 Å². The van der Waals surface area contributed by atoms with Crippen molar-refractivity contribution in [1.29, 1.82) is 0 Å². The van der Waals surface area contributed by atoms with Crippen molar-refractivity contribution in [3.05, 3.63) is 97.7 Å². The minimum atomic E-state index is -0.214. The van der Waals surface area contributed by atoms with Gasteiger partial charge in [0.2, 0.25) is 0 Å². The number of benzene rings is 1. The Bertz CT molecular complexity index is 1640. The molecule has 0 saturated carbocycles. The quantitative estimate of drug-likeness (QED) is 0.483. The summed E-state index contributed by atoms with van der Waals surface area (Å²) in [6.45, 7) is 2.36. The number of aliphatic imine (C=N–C) groups is 1. The molecule has 2 aromatic heterocycles. The van der Waals surface area contributed by atoms with Gasteiger partial charge < -0.3 is 4.90 Å². The molecule has 182 valence electrons. The zero-order valence-corrected chi connectivity index (χ0v) is 22.3. The van der Waals surface area contributed by atoms with Gasteiger partial charge >= 0.3 is 5.82 Å². The maximum Gasteiger partial charge on any atom is 0.326 e. The second-order valence-corrected chi connectivity index (χ2v) is 10.5. The lowest BCUT2D eigenvalue weighted by Crippen LogP contribution is -2.35. The predicted octanol–water partition coefficient (Wildman–Crippen LogP) is 3.11. The number of para-hydroxylation sites is 1. The number of nitrogens with zero attached hydrogens (tertiary/aromatic N) is 5. The molecule has 0 spiro atoms. The summed E-state index contributed by atoms with van der Waals surface area (Å²) in [6.07, 6.45) is 9.40. The van der Waals surface area contributed by atoms with Crippen molar-refractivity contribution < 1.29 is 9.36 Å². The number of thioether (sulfide) groups is 1. The van der Waals surface area contributed by atoms with E-state index in [9.17, 15) is 9.59 Å². The number of carbonyl (C=O) groups is 1. The molecule has 0 aliphatic carbocycles. The van der Waals surface area contributed by atoms with Gasteiger partial charge in [-0.1, -0.05) is 35.9 Å². The number of amidine groups is 1. The molecular formula is C26H23ClN5O2S2+. The van der Waals surface area contributed by atoms with Gasteiger partial charge in [-0.25, -0.2) is 9.47 Å². The van der Waals surface area contributed by atoms with Gasteiger partial charge in [0.15, 0.2) is 0 Å². The molecular weight excluding hydrogens is 514 g/mol. The van der Waals surface area contributed by atoms with E-state index >= 15 is 0 Å². The van der Waals surface area contributed by atoms with Crippen molar-refractivity contribution in [1.82, 2.24) is 9.47 Å². The van der Waals surface area contributed by atoms with Gasteiger partial charge in [0.1, 0.15) is 20.3 Å². The Kier molecular flexibility index (Phi) is 6.70. The predicted molar refractivity (Wildman–Crippen MR) is 148 cm³/mol. The van der Waals surface area contributed by atoms with Crippen molar-refractivity contribution in [2.24, 2.45) is 12.0 Å². The highest BCUT2D eigenvalue weighted by Crippen LogP contribution is 2.36. The number of pyridine rings is 1. The Morgan fingerprint density at radius 3 is 2.56 bits per heavy atom. The minimum absolute atomic E-state index is 0.110. The smallest absolute Gasteiger partial charge is 0.326 e. The van der Waals surface area contributed by atoms with Gasteiger partial charge in [-0.3, -0.25) is 14.2 Å². The molecule has 4 heterocycles. The highest BCUT2D eigenvalue weighted by atomic mass is 35.5. The number of aromatic nitrogens is 2. The van der Waals surface area contributed by atoms with E-state index in [1.54, 1.807) is 21.7 Å². The van der Waals surface area contributed by atoms with Gasteiger partial charge in [0, 0.05) is 25.9 Å². The number of halogens is 1. The van der Waals surface area contributed by atoms with E-state index in [2.05, 4.69) is 0 Å². The lowest BCUT2D eigenvalue weighted by Gasteiger charge is -2.16. The SMILES string of the molecule is CCn1c(=O)/c(=C2\C=CC=CN2C)s/c1=C1\S/C(=N\c2ccc(Cl)c[n+]2C)N(c2ccccc2)C1=O. The zero-order valence-electron chi connectivity index (χ0n) is 19.9. The van der Waals surface area contributed by atoms with Crippen LogP contribution in [0.3, 0.4) is 0 Å². The average molecular weight is 537 g/mol. The van der Waals surface area contributed by atoms with Crippen LogP contribution in [0.1, 0.15) is 6.92 Å². The molecule has 2 aliphatic rings. The highest BCUT2D eigenvalue weighted by molar-refractivity contribution is 8.23. The van der Waals surface area contributed by atoms with Crippen molar-refractivity contribution in [2.45, 2.75) is 13.5 Å². The molecule has 7 nitrogen and oxygen atoms in total. The van der Waals surface area contributed by atoms with Gasteiger partial charge in [0.25, 0.3) is 16.6 Å². The molecule has 5 rings (SSSR count). The first-order valence-electron chi connectivity index (χ1n) is 11.3. The molecule has 1 saturated heterocycles. The molecule has 1 aromatic carbocycles. The molecule has 0 unspecified atom stereocenters. The summed E-state index contributed by atoms with van der Waals surface area (Å²) in [5.41, 5.74) is 1.40. The number of aryl methyl sites for hydroxylation is 1. The molecule has 0 N–H and O–H groups in total. The normalized spacial score (nSPS) is 19.7. The fourth-order valence-corrected chi connectivity index (χ4v) is 6.60. The van der Waals surface area contributed by atoms with E-state index in [4.69, 9.17) is 16.6 Å². The van der Waals surface area contributed by atoms with Crippen LogP contribution < -0.4 is 24.2 Å². The van der Waals surface area contributed by atoms with E-state index in [0.29, 0.717) is 42.3 Å². The molecule has 1 amide bonds. The Morgan fingerprint density at radius 2 is 1.86 bits per heavy atom. The van der Waals surface area contributed by atoms with Crippen LogP contribution in [0.2, 0.25) is 5.02 Å². The molecule has 1 fully saturated rings. The number of thiazole rings is 1. The second kappa shape index (κ2) is 9.93. The maximum absolute atomic E-state index is 13.9. The third-order valence-corrected chi connectivity index (χ3v) is 8.34. The van der Waals surface area contributed by atoms with Crippen LogP contribution in [-0.4, -0.2) is 27.6 Å². The molecule has 36 heavy (non-hydrogen) atoms. The first-order valence-corrected chi connectivity index (χ1v) is 13.3. The van der Waals surface area contributed by atoms with Gasteiger partial charge in [0.05, 0.1) is 23.5 Å². The second-order valence-electron chi connectivity index (χ2n) is 8.10. The molecule has 0 radical (unpaired) electrons. The Labute approximate surface area is 221 Å². The molecule has 0 bridgehead atoms. The highest BCUT2D eigenvalue weighted by Gasteiger charge is 2.40. The number of hydrogen-bond acceptors (Lipinski definition) is 6. The van der Waals surface area contributed by atoms with E-state index in [-0.39, 0.29) is 11.5 Å². The summed E-state index contributed by atoms with van der Waals surface area (Å²) >= 11 is 8.73. The molecule has 10 heteroatoms. The number of rotatable bonds is 3. The summed E-state index contributed by atoms with van der Waals surface area (Å²) in [4.78, 5) is 36.1. The van der Waals surface area contributed by atoms with Crippen molar-refractivity contribution >= 4 is 67.9 Å². The summed E-state index contributed by atoms with van der Waals surface area (Å²) in [6, 6.07) is 13.0. The topological polar surface area (TPSA) is 61.8 Å². The zero-order chi connectivity index (χ0) is 25.4. The lowest BCUT2D eigenvalue weighted by molar-refractivity contribution is -0.658. The average Bonchev–Trinajstić information content (AvgIpc) is 3.37.